The maximum Gasteiger partial charge on any atom is 0.122 e. The molecule has 0 aromatic heterocycles. The van der Waals surface area contributed by atoms with Gasteiger partial charge in [-0.25, -0.2) is 0 Å². The van der Waals surface area contributed by atoms with Crippen LogP contribution in [0.15, 0.2) is 48.5 Å². The average molecular weight is 431 g/mol. The molecular weight excluding hydrogens is 392 g/mol. The van der Waals surface area contributed by atoms with Gasteiger partial charge in [-0.1, -0.05) is 73.6 Å². The van der Waals surface area contributed by atoms with E-state index in [0.717, 1.165) is 44.5 Å². The third-order valence-electron chi connectivity index (χ3n) is 6.36. The predicted molar refractivity (Wildman–Crippen MR) is 137 cm³/mol. The molecule has 0 aliphatic carbocycles. The number of phenols is 2. The van der Waals surface area contributed by atoms with E-state index in [0.29, 0.717) is 11.5 Å². The zero-order valence-corrected chi connectivity index (χ0v) is 20.8. The van der Waals surface area contributed by atoms with E-state index < -0.39 is 0 Å². The molecule has 0 unspecified atom stereocenters. The van der Waals surface area contributed by atoms with Gasteiger partial charge in [0.25, 0.3) is 0 Å². The Bertz CT molecular complexity index is 961. The van der Waals surface area contributed by atoms with Gasteiger partial charge in [-0.15, -0.1) is 0 Å². The van der Waals surface area contributed by atoms with Crippen LogP contribution in [0.25, 0.3) is 22.3 Å². The van der Waals surface area contributed by atoms with Crippen LogP contribution in [0.2, 0.25) is 0 Å². The Morgan fingerprint density at radius 2 is 0.719 bits per heavy atom. The molecule has 3 aromatic carbocycles. The number of benzene rings is 3. The molecule has 0 fully saturated rings. The molecule has 0 spiro atoms. The third-order valence-corrected chi connectivity index (χ3v) is 6.36. The number of phenolic OH excluding ortho intramolecular Hbond substituents is 2. The zero-order chi connectivity index (χ0) is 23.7. The molecule has 3 aromatic rings. The van der Waals surface area contributed by atoms with Crippen molar-refractivity contribution in [2.24, 2.45) is 0 Å². The maximum absolute atomic E-state index is 10.8. The smallest absolute Gasteiger partial charge is 0.122 e. The molecule has 3 rings (SSSR count). The summed E-state index contributed by atoms with van der Waals surface area (Å²) in [4.78, 5) is 0. The van der Waals surface area contributed by atoms with Gasteiger partial charge in [0.15, 0.2) is 0 Å². The molecule has 0 atom stereocenters. The number of rotatable bonds is 6. The highest BCUT2D eigenvalue weighted by Crippen LogP contribution is 2.40. The maximum atomic E-state index is 10.8. The summed E-state index contributed by atoms with van der Waals surface area (Å²) in [5.41, 5.74) is 8.49. The topological polar surface area (TPSA) is 40.5 Å². The Kier molecular flexibility index (Phi) is 7.03. The lowest BCUT2D eigenvalue weighted by Gasteiger charge is -2.19. The first kappa shape index (κ1) is 23.9. The van der Waals surface area contributed by atoms with Crippen LogP contribution in [0.3, 0.4) is 0 Å². The van der Waals surface area contributed by atoms with Crippen molar-refractivity contribution >= 4 is 0 Å². The van der Waals surface area contributed by atoms with E-state index in [1.807, 2.05) is 0 Å². The molecule has 0 saturated carbocycles. The summed E-state index contributed by atoms with van der Waals surface area (Å²) in [7, 11) is 0. The minimum Gasteiger partial charge on any atom is -0.507 e. The van der Waals surface area contributed by atoms with E-state index in [1.165, 1.54) is 0 Å². The fraction of sp³-hybridized carbons (Fsp3) is 0.400. The van der Waals surface area contributed by atoms with Crippen molar-refractivity contribution in [3.8, 4) is 33.8 Å². The van der Waals surface area contributed by atoms with Gasteiger partial charge < -0.3 is 10.2 Å². The van der Waals surface area contributed by atoms with Gasteiger partial charge in [-0.3, -0.25) is 0 Å². The Morgan fingerprint density at radius 3 is 0.969 bits per heavy atom. The first-order chi connectivity index (χ1) is 15.0. The van der Waals surface area contributed by atoms with Gasteiger partial charge in [0.05, 0.1) is 0 Å². The van der Waals surface area contributed by atoms with Crippen LogP contribution >= 0.6 is 0 Å². The molecular formula is C30H38O2. The van der Waals surface area contributed by atoms with Gasteiger partial charge in [0.2, 0.25) is 0 Å². The molecule has 0 heterocycles. The summed E-state index contributed by atoms with van der Waals surface area (Å²) in [6.07, 6.45) is 0. The summed E-state index contributed by atoms with van der Waals surface area (Å²) in [6.45, 7) is 17.0. The molecule has 2 nitrogen and oxygen atoms in total. The molecule has 32 heavy (non-hydrogen) atoms. The molecule has 2 heteroatoms. The summed E-state index contributed by atoms with van der Waals surface area (Å²) < 4.78 is 0. The van der Waals surface area contributed by atoms with Gasteiger partial charge in [-0.2, -0.15) is 0 Å². The second-order valence-corrected chi connectivity index (χ2v) is 10.2. The highest BCUT2D eigenvalue weighted by atomic mass is 16.3. The first-order valence-corrected chi connectivity index (χ1v) is 11.9. The second kappa shape index (κ2) is 9.40. The van der Waals surface area contributed by atoms with Gasteiger partial charge in [-0.05, 0) is 98.5 Å². The van der Waals surface area contributed by atoms with Crippen molar-refractivity contribution in [3.05, 3.63) is 70.8 Å². The van der Waals surface area contributed by atoms with Crippen molar-refractivity contribution in [3.63, 3.8) is 0 Å². The van der Waals surface area contributed by atoms with Crippen molar-refractivity contribution in [2.45, 2.75) is 79.1 Å². The lowest BCUT2D eigenvalue weighted by molar-refractivity contribution is 0.454. The lowest BCUT2D eigenvalue weighted by atomic mass is 9.87. The average Bonchev–Trinajstić information content (AvgIpc) is 2.73. The summed E-state index contributed by atoms with van der Waals surface area (Å²) in [5.74, 6) is 1.84. The van der Waals surface area contributed by atoms with E-state index in [4.69, 9.17) is 0 Å². The fourth-order valence-corrected chi connectivity index (χ4v) is 4.33. The molecule has 0 bridgehead atoms. The molecule has 170 valence electrons. The van der Waals surface area contributed by atoms with Crippen LogP contribution in [-0.4, -0.2) is 10.2 Å². The van der Waals surface area contributed by atoms with Crippen LogP contribution in [-0.2, 0) is 0 Å². The fourth-order valence-electron chi connectivity index (χ4n) is 4.33. The highest BCUT2D eigenvalue weighted by Gasteiger charge is 2.18. The zero-order valence-electron chi connectivity index (χ0n) is 20.8. The minimum atomic E-state index is 0.245. The van der Waals surface area contributed by atoms with E-state index in [9.17, 15) is 10.2 Å². The Labute approximate surface area is 194 Å². The van der Waals surface area contributed by atoms with Gasteiger partial charge in [0, 0.05) is 0 Å². The summed E-state index contributed by atoms with van der Waals surface area (Å²) >= 11 is 0. The van der Waals surface area contributed by atoms with Crippen LogP contribution < -0.4 is 0 Å². The van der Waals surface area contributed by atoms with Crippen molar-refractivity contribution in [1.82, 2.24) is 0 Å². The third kappa shape index (κ3) is 4.70. The number of hydrogen-bond acceptors (Lipinski definition) is 2. The molecule has 0 aliphatic rings. The molecule has 0 saturated heterocycles. The van der Waals surface area contributed by atoms with Crippen molar-refractivity contribution in [1.29, 1.82) is 0 Å². The monoisotopic (exact) mass is 430 g/mol. The Hall–Kier alpha value is -2.74. The van der Waals surface area contributed by atoms with Gasteiger partial charge >= 0.3 is 0 Å². The largest absolute Gasteiger partial charge is 0.507 e. The summed E-state index contributed by atoms with van der Waals surface area (Å²) in [5, 5.41) is 21.6. The van der Waals surface area contributed by atoms with Crippen LogP contribution in [0.5, 0.6) is 11.5 Å². The summed E-state index contributed by atoms with van der Waals surface area (Å²) in [6, 6.07) is 17.1. The van der Waals surface area contributed by atoms with E-state index >= 15 is 0 Å². The standard InChI is InChI=1S/C30H38O2/c1-17(2)25-13-23(14-26(18(3)4)29(25)31)21-10-9-11-22(12-21)24-15-27(19(5)6)30(32)28(16-24)20(7)8/h9-20,31-32H,1-8H3. The Morgan fingerprint density at radius 1 is 0.438 bits per heavy atom. The quantitative estimate of drug-likeness (QED) is 0.410. The second-order valence-electron chi connectivity index (χ2n) is 10.2. The highest BCUT2D eigenvalue weighted by molar-refractivity contribution is 5.76. The normalized spacial score (nSPS) is 11.9. The molecule has 0 aliphatic heterocycles. The van der Waals surface area contributed by atoms with Crippen LogP contribution in [0.1, 0.15) is 101 Å². The lowest BCUT2D eigenvalue weighted by Crippen LogP contribution is -1.98. The van der Waals surface area contributed by atoms with Crippen molar-refractivity contribution < 1.29 is 10.2 Å². The molecule has 2 N–H and O–H groups in total. The van der Waals surface area contributed by atoms with Crippen LogP contribution in [0, 0.1) is 0 Å². The molecule has 0 amide bonds. The van der Waals surface area contributed by atoms with E-state index in [2.05, 4.69) is 104 Å². The van der Waals surface area contributed by atoms with Crippen molar-refractivity contribution in [2.75, 3.05) is 0 Å². The SMILES string of the molecule is CC(C)c1cc(-c2cccc(-c3cc(C(C)C)c(O)c(C(C)C)c3)c2)cc(C(C)C)c1O. The number of hydrogen-bond donors (Lipinski definition) is 2. The first-order valence-electron chi connectivity index (χ1n) is 11.9. The number of aromatic hydroxyl groups is 2. The van der Waals surface area contributed by atoms with E-state index in [1.54, 1.807) is 0 Å². The predicted octanol–water partition coefficient (Wildman–Crippen LogP) is 8.93. The van der Waals surface area contributed by atoms with Gasteiger partial charge in [0.1, 0.15) is 11.5 Å². The van der Waals surface area contributed by atoms with E-state index in [-0.39, 0.29) is 23.7 Å². The molecule has 0 radical (unpaired) electrons. The Balaban J connectivity index is 2.19. The van der Waals surface area contributed by atoms with Crippen LogP contribution in [0.4, 0.5) is 0 Å². The minimum absolute atomic E-state index is 0.245.